The van der Waals surface area contributed by atoms with Crippen LogP contribution >= 0.6 is 0 Å². The maximum absolute atomic E-state index is 12.5. The van der Waals surface area contributed by atoms with E-state index in [0.717, 1.165) is 16.9 Å². The van der Waals surface area contributed by atoms with E-state index in [4.69, 9.17) is 14.2 Å². The van der Waals surface area contributed by atoms with Gasteiger partial charge in [-0.1, -0.05) is 6.07 Å². The number of nitrogens with one attached hydrogen (secondary N) is 1. The second-order valence-corrected chi connectivity index (χ2v) is 7.47. The highest BCUT2D eigenvalue weighted by molar-refractivity contribution is 5.80. The molecule has 1 N–H and O–H groups in total. The largest absolute Gasteiger partial charge is 0.494 e. The molecule has 1 unspecified atom stereocenters. The van der Waals surface area contributed by atoms with Gasteiger partial charge >= 0.3 is 0 Å². The molecule has 8 heteroatoms. The Labute approximate surface area is 193 Å². The smallest absolute Gasteiger partial charge is 0.260 e. The van der Waals surface area contributed by atoms with E-state index in [0.29, 0.717) is 30.3 Å². The average molecular weight is 452 g/mol. The van der Waals surface area contributed by atoms with Gasteiger partial charge in [0.25, 0.3) is 11.5 Å². The first kappa shape index (κ1) is 23.8. The van der Waals surface area contributed by atoms with E-state index in [1.165, 1.54) is 17.0 Å². The van der Waals surface area contributed by atoms with Crippen LogP contribution < -0.4 is 25.1 Å². The molecule has 0 aliphatic carbocycles. The number of aromatic nitrogens is 2. The number of amides is 1. The summed E-state index contributed by atoms with van der Waals surface area (Å²) in [7, 11) is 1.55. The van der Waals surface area contributed by atoms with Crippen molar-refractivity contribution in [3.63, 3.8) is 0 Å². The zero-order chi connectivity index (χ0) is 23.8. The number of carbonyl (C=O) groups excluding carboxylic acids is 1. The highest BCUT2D eigenvalue weighted by atomic mass is 16.5. The fourth-order valence-corrected chi connectivity index (χ4v) is 3.20. The van der Waals surface area contributed by atoms with Crippen LogP contribution in [-0.4, -0.2) is 41.8 Å². The lowest BCUT2D eigenvalue weighted by Gasteiger charge is -2.17. The van der Waals surface area contributed by atoms with Crippen LogP contribution in [0.3, 0.4) is 0 Å². The van der Waals surface area contributed by atoms with Gasteiger partial charge in [0.05, 0.1) is 25.7 Å². The van der Waals surface area contributed by atoms with Crippen LogP contribution in [0.5, 0.6) is 17.2 Å². The van der Waals surface area contributed by atoms with Gasteiger partial charge in [-0.25, -0.2) is 4.98 Å². The van der Waals surface area contributed by atoms with E-state index >= 15 is 0 Å². The van der Waals surface area contributed by atoms with Crippen LogP contribution in [-0.2, 0) is 11.3 Å². The molecule has 0 spiro atoms. The molecular formula is C25H29N3O5. The maximum atomic E-state index is 12.5. The number of benzene rings is 2. The van der Waals surface area contributed by atoms with Crippen molar-refractivity contribution in [1.82, 2.24) is 14.9 Å². The van der Waals surface area contributed by atoms with Gasteiger partial charge in [0.2, 0.25) is 0 Å². The quantitative estimate of drug-likeness (QED) is 0.509. The molecule has 33 heavy (non-hydrogen) atoms. The van der Waals surface area contributed by atoms with Crippen LogP contribution in [0.15, 0.2) is 59.7 Å². The van der Waals surface area contributed by atoms with E-state index in [1.54, 1.807) is 20.1 Å². The van der Waals surface area contributed by atoms with E-state index < -0.39 is 6.10 Å². The Morgan fingerprint density at radius 1 is 1.12 bits per heavy atom. The lowest BCUT2D eigenvalue weighted by molar-refractivity contribution is -0.127. The molecule has 0 bridgehead atoms. The Balaban J connectivity index is 1.54. The summed E-state index contributed by atoms with van der Waals surface area (Å²) in [6.45, 7) is 6.68. The molecule has 1 heterocycles. The van der Waals surface area contributed by atoms with Crippen LogP contribution in [0.1, 0.15) is 19.4 Å². The third kappa shape index (κ3) is 6.35. The molecule has 2 aromatic carbocycles. The summed E-state index contributed by atoms with van der Waals surface area (Å²) in [5.74, 6) is 1.55. The zero-order valence-electron chi connectivity index (χ0n) is 19.3. The SMILES string of the molecule is CCOc1ccc(-c2cc(=O)n(CCNC(=O)C(C)Oc3ccc(C)cc3OC)cn2)cc1. The van der Waals surface area contributed by atoms with Crippen LogP contribution in [0, 0.1) is 6.92 Å². The van der Waals surface area contributed by atoms with Crippen molar-refractivity contribution in [3.8, 4) is 28.5 Å². The van der Waals surface area contributed by atoms with Gasteiger partial charge in [0.15, 0.2) is 17.6 Å². The lowest BCUT2D eigenvalue weighted by Crippen LogP contribution is -2.38. The van der Waals surface area contributed by atoms with Crippen molar-refractivity contribution in [2.45, 2.75) is 33.4 Å². The van der Waals surface area contributed by atoms with Crippen molar-refractivity contribution in [3.05, 3.63) is 70.8 Å². The number of rotatable bonds is 10. The summed E-state index contributed by atoms with van der Waals surface area (Å²) >= 11 is 0. The third-order valence-electron chi connectivity index (χ3n) is 4.98. The van der Waals surface area contributed by atoms with E-state index in [1.807, 2.05) is 50.2 Å². The van der Waals surface area contributed by atoms with Crippen molar-refractivity contribution in [2.24, 2.45) is 0 Å². The average Bonchev–Trinajstić information content (AvgIpc) is 2.81. The number of carbonyl (C=O) groups is 1. The summed E-state index contributed by atoms with van der Waals surface area (Å²) in [5, 5.41) is 2.79. The molecule has 3 aromatic rings. The number of aryl methyl sites for hydroxylation is 1. The fraction of sp³-hybridized carbons (Fsp3) is 0.320. The number of ether oxygens (including phenoxy) is 3. The third-order valence-corrected chi connectivity index (χ3v) is 4.98. The maximum Gasteiger partial charge on any atom is 0.260 e. The Morgan fingerprint density at radius 2 is 1.88 bits per heavy atom. The molecule has 0 saturated heterocycles. The standard InChI is InChI=1S/C25H29N3O5/c1-5-32-20-9-7-19(8-10-20)21-15-24(29)28(16-27-21)13-12-26-25(30)18(3)33-22-11-6-17(2)14-23(22)31-4/h6-11,14-16,18H,5,12-13H2,1-4H3,(H,26,30). The molecule has 174 valence electrons. The molecule has 0 fully saturated rings. The first-order valence-electron chi connectivity index (χ1n) is 10.8. The van der Waals surface area contributed by atoms with Crippen LogP contribution in [0.2, 0.25) is 0 Å². The van der Waals surface area contributed by atoms with Crippen LogP contribution in [0.4, 0.5) is 0 Å². The van der Waals surface area contributed by atoms with Gasteiger partial charge in [0, 0.05) is 24.7 Å². The minimum Gasteiger partial charge on any atom is -0.494 e. The van der Waals surface area contributed by atoms with Gasteiger partial charge in [-0.3, -0.25) is 14.2 Å². The van der Waals surface area contributed by atoms with Crippen molar-refractivity contribution in [1.29, 1.82) is 0 Å². The molecule has 1 atom stereocenters. The molecule has 0 saturated carbocycles. The fourth-order valence-electron chi connectivity index (χ4n) is 3.20. The second-order valence-electron chi connectivity index (χ2n) is 7.47. The highest BCUT2D eigenvalue weighted by Gasteiger charge is 2.16. The van der Waals surface area contributed by atoms with Gasteiger partial charge in [0.1, 0.15) is 5.75 Å². The number of nitrogens with zero attached hydrogens (tertiary/aromatic N) is 2. The van der Waals surface area contributed by atoms with Gasteiger partial charge in [-0.2, -0.15) is 0 Å². The van der Waals surface area contributed by atoms with Gasteiger partial charge in [-0.15, -0.1) is 0 Å². The van der Waals surface area contributed by atoms with E-state index in [2.05, 4.69) is 10.3 Å². The van der Waals surface area contributed by atoms with Crippen LogP contribution in [0.25, 0.3) is 11.3 Å². The first-order chi connectivity index (χ1) is 15.9. The minimum absolute atomic E-state index is 0.197. The summed E-state index contributed by atoms with van der Waals surface area (Å²) in [6.07, 6.45) is 0.760. The molecule has 8 nitrogen and oxygen atoms in total. The van der Waals surface area contributed by atoms with Crippen molar-refractivity contribution >= 4 is 5.91 Å². The van der Waals surface area contributed by atoms with Crippen molar-refractivity contribution < 1.29 is 19.0 Å². The first-order valence-corrected chi connectivity index (χ1v) is 10.8. The monoisotopic (exact) mass is 451 g/mol. The van der Waals surface area contributed by atoms with E-state index in [-0.39, 0.29) is 18.0 Å². The highest BCUT2D eigenvalue weighted by Crippen LogP contribution is 2.28. The lowest BCUT2D eigenvalue weighted by atomic mass is 10.1. The zero-order valence-corrected chi connectivity index (χ0v) is 19.3. The molecule has 1 amide bonds. The normalized spacial score (nSPS) is 11.5. The number of hydrogen-bond donors (Lipinski definition) is 1. The molecule has 1 aromatic heterocycles. The summed E-state index contributed by atoms with van der Waals surface area (Å²) in [5.41, 5.74) is 2.24. The topological polar surface area (TPSA) is 91.7 Å². The Kier molecular flexibility index (Phi) is 8.07. The molecule has 3 rings (SSSR count). The summed E-state index contributed by atoms with van der Waals surface area (Å²) in [6, 6.07) is 14.4. The molecule has 0 aliphatic heterocycles. The Morgan fingerprint density at radius 3 is 2.55 bits per heavy atom. The molecule has 0 aliphatic rings. The predicted octanol–water partition coefficient (Wildman–Crippen LogP) is 3.21. The Hall–Kier alpha value is -3.81. The predicted molar refractivity (Wildman–Crippen MR) is 126 cm³/mol. The van der Waals surface area contributed by atoms with Crippen molar-refractivity contribution in [2.75, 3.05) is 20.3 Å². The number of methoxy groups -OCH3 is 1. The second kappa shape index (κ2) is 11.2. The summed E-state index contributed by atoms with van der Waals surface area (Å²) < 4.78 is 17.9. The van der Waals surface area contributed by atoms with Gasteiger partial charge in [-0.05, 0) is 62.7 Å². The number of hydrogen-bond acceptors (Lipinski definition) is 6. The summed E-state index contributed by atoms with van der Waals surface area (Å²) in [4.78, 5) is 29.3. The van der Waals surface area contributed by atoms with Gasteiger partial charge < -0.3 is 19.5 Å². The molecular weight excluding hydrogens is 422 g/mol. The van der Waals surface area contributed by atoms with E-state index in [9.17, 15) is 9.59 Å². The Bertz CT molecular complexity index is 1140. The molecule has 0 radical (unpaired) electrons. The minimum atomic E-state index is -0.724.